The molecule has 4 aromatic rings. The van der Waals surface area contributed by atoms with Crippen molar-refractivity contribution >= 4 is 23.8 Å². The number of hydrogen-bond donors (Lipinski definition) is 1. The predicted molar refractivity (Wildman–Crippen MR) is 210 cm³/mol. The minimum absolute atomic E-state index is 0.254. The molecule has 0 unspecified atom stereocenters. The number of hydrogen-bond acceptors (Lipinski definition) is 7. The summed E-state index contributed by atoms with van der Waals surface area (Å²) in [5.74, 6) is -1.53. The molecule has 6 rings (SSSR count). The fourth-order valence-electron chi connectivity index (χ4n) is 6.61. The highest BCUT2D eigenvalue weighted by Gasteiger charge is 2.33. The fourth-order valence-corrected chi connectivity index (χ4v) is 6.61. The Bertz CT molecular complexity index is 2110. The average Bonchev–Trinajstić information content (AvgIpc) is 3.79. The summed E-state index contributed by atoms with van der Waals surface area (Å²) in [6.45, 7) is 14.5. The van der Waals surface area contributed by atoms with Gasteiger partial charge in [0.15, 0.2) is 11.6 Å². The molecule has 2 saturated heterocycles. The van der Waals surface area contributed by atoms with Gasteiger partial charge in [-0.25, -0.2) is 18.4 Å². The standard InChI is InChI=1S/C44H49F2N3O7/c1-27-9-8-10-28(21-27)35-24-31(13-16-39(35)54-33-18-20-49(26-33)42(52)56-44(5,6)7)47-40(50)30-12-15-38(34(22-30)29-11-14-36(45)37(46)23-29)53-32-17-19-48(25-32)41(51)55-43(2,3)4/h8-16,21-24,32-33H,17-20,25-26H2,1-7H3,(H,47,50)/t32-,33-/m0/s1. The van der Waals surface area contributed by atoms with Crippen LogP contribution in [-0.2, 0) is 9.47 Å². The van der Waals surface area contributed by atoms with E-state index >= 15 is 0 Å². The fraction of sp³-hybridized carbons (Fsp3) is 0.386. The molecular weight excluding hydrogens is 720 g/mol. The van der Waals surface area contributed by atoms with E-state index in [-0.39, 0.29) is 24.3 Å². The number of ether oxygens (including phenoxy) is 4. The highest BCUT2D eigenvalue weighted by Crippen LogP contribution is 2.37. The summed E-state index contributed by atoms with van der Waals surface area (Å²) in [6, 6.07) is 21.6. The summed E-state index contributed by atoms with van der Waals surface area (Å²) < 4.78 is 52.4. The maximum Gasteiger partial charge on any atom is 0.410 e. The number of nitrogens with one attached hydrogen (secondary N) is 1. The molecule has 296 valence electrons. The molecule has 0 aromatic heterocycles. The molecule has 4 aromatic carbocycles. The van der Waals surface area contributed by atoms with Crippen molar-refractivity contribution in [2.24, 2.45) is 0 Å². The van der Waals surface area contributed by atoms with Crippen LogP contribution in [0.25, 0.3) is 22.3 Å². The predicted octanol–water partition coefficient (Wildman–Crippen LogP) is 9.64. The van der Waals surface area contributed by atoms with E-state index in [0.717, 1.165) is 28.8 Å². The van der Waals surface area contributed by atoms with E-state index < -0.39 is 40.9 Å². The molecule has 0 bridgehead atoms. The Kier molecular flexibility index (Phi) is 11.6. The maximum absolute atomic E-state index is 14.5. The number of likely N-dealkylation sites (tertiary alicyclic amines) is 2. The van der Waals surface area contributed by atoms with Gasteiger partial charge in [0.05, 0.1) is 13.1 Å². The Balaban J connectivity index is 1.23. The number of halogens is 2. The molecule has 56 heavy (non-hydrogen) atoms. The molecule has 0 spiro atoms. The quantitative estimate of drug-likeness (QED) is 0.190. The summed E-state index contributed by atoms with van der Waals surface area (Å²) in [4.78, 5) is 42.4. The monoisotopic (exact) mass is 769 g/mol. The number of carbonyl (C=O) groups is 3. The molecule has 2 atom stereocenters. The molecule has 3 amide bonds. The van der Waals surface area contributed by atoms with Crippen molar-refractivity contribution in [2.45, 2.75) is 84.7 Å². The summed E-state index contributed by atoms with van der Waals surface area (Å²) in [6.07, 6.45) is -0.303. The molecule has 12 heteroatoms. The lowest BCUT2D eigenvalue weighted by Gasteiger charge is -2.24. The number of nitrogens with zero attached hydrogens (tertiary/aromatic N) is 2. The first-order valence-electron chi connectivity index (χ1n) is 18.8. The van der Waals surface area contributed by atoms with Crippen molar-refractivity contribution < 1.29 is 42.1 Å². The number of carbonyl (C=O) groups excluding carboxylic acids is 3. The Morgan fingerprint density at radius 2 is 1.21 bits per heavy atom. The van der Waals surface area contributed by atoms with Gasteiger partial charge in [0.1, 0.15) is 34.9 Å². The summed E-state index contributed by atoms with van der Waals surface area (Å²) in [5, 5.41) is 2.98. The van der Waals surface area contributed by atoms with Crippen LogP contribution >= 0.6 is 0 Å². The Morgan fingerprint density at radius 3 is 1.77 bits per heavy atom. The van der Waals surface area contributed by atoms with Crippen LogP contribution in [0.15, 0.2) is 78.9 Å². The number of amides is 3. The SMILES string of the molecule is Cc1cccc(-c2cc(NC(=O)c3ccc(O[C@H]4CCN(C(=O)OC(C)(C)C)C4)c(-c4ccc(F)c(F)c4)c3)ccc2O[C@H]2CCN(C(=O)OC(C)(C)C)C2)c1. The van der Waals surface area contributed by atoms with Gasteiger partial charge < -0.3 is 34.1 Å². The van der Waals surface area contributed by atoms with Crippen molar-refractivity contribution in [3.8, 4) is 33.8 Å². The van der Waals surface area contributed by atoms with Gasteiger partial charge in [-0.1, -0.05) is 35.9 Å². The van der Waals surface area contributed by atoms with Crippen molar-refractivity contribution in [3.63, 3.8) is 0 Å². The second kappa shape index (κ2) is 16.2. The zero-order chi connectivity index (χ0) is 40.4. The number of benzene rings is 4. The van der Waals surface area contributed by atoms with Crippen molar-refractivity contribution in [3.05, 3.63) is 102 Å². The van der Waals surface area contributed by atoms with E-state index in [9.17, 15) is 23.2 Å². The number of aryl methyl sites for hydroxylation is 1. The van der Waals surface area contributed by atoms with E-state index in [2.05, 4.69) is 5.32 Å². The Hall–Kier alpha value is -5.65. The summed E-state index contributed by atoms with van der Waals surface area (Å²) in [7, 11) is 0. The minimum Gasteiger partial charge on any atom is -0.488 e. The number of anilines is 1. The highest BCUT2D eigenvalue weighted by atomic mass is 19.2. The van der Waals surface area contributed by atoms with Crippen LogP contribution < -0.4 is 14.8 Å². The zero-order valence-corrected chi connectivity index (χ0v) is 32.9. The molecule has 0 saturated carbocycles. The van der Waals surface area contributed by atoms with Gasteiger partial charge >= 0.3 is 12.2 Å². The third kappa shape index (κ3) is 10.1. The average molecular weight is 770 g/mol. The van der Waals surface area contributed by atoms with Gasteiger partial charge in [-0.05, 0) is 108 Å². The lowest BCUT2D eigenvalue weighted by Crippen LogP contribution is -2.36. The van der Waals surface area contributed by atoms with Crippen LogP contribution in [0.2, 0.25) is 0 Å². The summed E-state index contributed by atoms with van der Waals surface area (Å²) in [5.41, 5.74) is 2.89. The lowest BCUT2D eigenvalue weighted by atomic mass is 10.0. The largest absolute Gasteiger partial charge is 0.488 e. The molecule has 10 nitrogen and oxygen atoms in total. The highest BCUT2D eigenvalue weighted by molar-refractivity contribution is 6.05. The van der Waals surface area contributed by atoms with E-state index in [4.69, 9.17) is 18.9 Å². The molecule has 2 aliphatic rings. The molecule has 0 aliphatic carbocycles. The van der Waals surface area contributed by atoms with Crippen LogP contribution in [-0.4, -0.2) is 77.5 Å². The van der Waals surface area contributed by atoms with Gasteiger partial charge in [0.2, 0.25) is 0 Å². The van der Waals surface area contributed by atoms with Crippen molar-refractivity contribution in [2.75, 3.05) is 31.5 Å². The van der Waals surface area contributed by atoms with Crippen LogP contribution in [0, 0.1) is 18.6 Å². The smallest absolute Gasteiger partial charge is 0.410 e. The molecule has 2 heterocycles. The van der Waals surface area contributed by atoms with Gasteiger partial charge in [-0.15, -0.1) is 0 Å². The van der Waals surface area contributed by atoms with Gasteiger partial charge in [0, 0.05) is 48.3 Å². The molecular formula is C44H49F2N3O7. The number of rotatable bonds is 8. The first-order chi connectivity index (χ1) is 26.4. The summed E-state index contributed by atoms with van der Waals surface area (Å²) >= 11 is 0. The van der Waals surface area contributed by atoms with E-state index in [1.807, 2.05) is 58.0 Å². The van der Waals surface area contributed by atoms with Crippen LogP contribution in [0.1, 0.15) is 70.3 Å². The van der Waals surface area contributed by atoms with E-state index in [1.165, 1.54) is 6.07 Å². The van der Waals surface area contributed by atoms with E-state index in [1.54, 1.807) is 60.9 Å². The van der Waals surface area contributed by atoms with Gasteiger partial charge in [-0.2, -0.15) is 0 Å². The zero-order valence-electron chi connectivity index (χ0n) is 32.9. The van der Waals surface area contributed by atoms with E-state index in [0.29, 0.717) is 60.8 Å². The van der Waals surface area contributed by atoms with Crippen molar-refractivity contribution in [1.29, 1.82) is 0 Å². The molecule has 2 aliphatic heterocycles. The third-order valence-electron chi connectivity index (χ3n) is 9.22. The second-order valence-electron chi connectivity index (χ2n) is 16.3. The van der Waals surface area contributed by atoms with Crippen molar-refractivity contribution in [1.82, 2.24) is 9.80 Å². The van der Waals surface area contributed by atoms with Crippen LogP contribution in [0.4, 0.5) is 24.1 Å². The molecule has 1 N–H and O–H groups in total. The van der Waals surface area contributed by atoms with Crippen LogP contribution in [0.3, 0.4) is 0 Å². The third-order valence-corrected chi connectivity index (χ3v) is 9.22. The first kappa shape index (κ1) is 40.0. The Morgan fingerprint density at radius 1 is 0.661 bits per heavy atom. The first-order valence-corrected chi connectivity index (χ1v) is 18.8. The minimum atomic E-state index is -1.04. The van der Waals surface area contributed by atoms with Gasteiger partial charge in [-0.3, -0.25) is 4.79 Å². The van der Waals surface area contributed by atoms with Gasteiger partial charge in [0.25, 0.3) is 5.91 Å². The lowest BCUT2D eigenvalue weighted by molar-refractivity contribution is 0.0266. The maximum atomic E-state index is 14.5. The second-order valence-corrected chi connectivity index (χ2v) is 16.3. The van der Waals surface area contributed by atoms with Crippen LogP contribution in [0.5, 0.6) is 11.5 Å². The Labute approximate surface area is 326 Å². The topological polar surface area (TPSA) is 107 Å². The normalized spacial score (nSPS) is 17.1. The molecule has 2 fully saturated rings. The molecule has 0 radical (unpaired) electrons.